The summed E-state index contributed by atoms with van der Waals surface area (Å²) < 4.78 is 4.94. The molecule has 0 fully saturated rings. The standard InChI is InChI=1S/C12H11ClN4O2/c1-7-4-3-5-8(14-7)11(18)17-12-15-9(13)6-10(16-12)19-2/h3-6H,1-2H3,(H,15,16,17,18). The Hall–Kier alpha value is -2.21. The van der Waals surface area contributed by atoms with Crippen LogP contribution in [0, 0.1) is 6.92 Å². The number of hydrogen-bond acceptors (Lipinski definition) is 5. The number of ether oxygens (including phenoxy) is 1. The predicted octanol–water partition coefficient (Wildman–Crippen LogP) is 2.09. The van der Waals surface area contributed by atoms with Crippen molar-refractivity contribution >= 4 is 23.5 Å². The maximum absolute atomic E-state index is 11.9. The number of aromatic nitrogens is 3. The second-order valence-electron chi connectivity index (χ2n) is 3.67. The summed E-state index contributed by atoms with van der Waals surface area (Å²) in [5.41, 5.74) is 1.03. The SMILES string of the molecule is COc1cc(Cl)nc(NC(=O)c2cccc(C)n2)n1. The molecule has 0 aliphatic carbocycles. The van der Waals surface area contributed by atoms with Crippen LogP contribution < -0.4 is 10.1 Å². The fourth-order valence-corrected chi connectivity index (χ4v) is 1.57. The number of nitrogens with one attached hydrogen (secondary N) is 1. The molecule has 2 aromatic heterocycles. The molecule has 7 heteroatoms. The number of carbonyl (C=O) groups is 1. The normalized spacial score (nSPS) is 10.1. The quantitative estimate of drug-likeness (QED) is 0.870. The molecule has 0 spiro atoms. The fourth-order valence-electron chi connectivity index (χ4n) is 1.39. The summed E-state index contributed by atoms with van der Waals surface area (Å²) in [5, 5.41) is 2.69. The van der Waals surface area contributed by atoms with Crippen molar-refractivity contribution in [2.24, 2.45) is 0 Å². The second kappa shape index (κ2) is 5.62. The molecule has 0 bridgehead atoms. The molecule has 0 unspecified atom stereocenters. The molecule has 98 valence electrons. The van der Waals surface area contributed by atoms with Crippen molar-refractivity contribution in [3.8, 4) is 5.88 Å². The van der Waals surface area contributed by atoms with Gasteiger partial charge in [-0.3, -0.25) is 10.1 Å². The number of carbonyl (C=O) groups excluding carboxylic acids is 1. The average Bonchev–Trinajstić information content (AvgIpc) is 2.38. The van der Waals surface area contributed by atoms with Crippen LogP contribution in [-0.2, 0) is 0 Å². The molecule has 1 amide bonds. The van der Waals surface area contributed by atoms with Crippen LogP contribution >= 0.6 is 11.6 Å². The lowest BCUT2D eigenvalue weighted by atomic mass is 10.3. The van der Waals surface area contributed by atoms with Crippen LogP contribution in [0.25, 0.3) is 0 Å². The van der Waals surface area contributed by atoms with E-state index in [4.69, 9.17) is 16.3 Å². The highest BCUT2D eigenvalue weighted by molar-refractivity contribution is 6.29. The number of rotatable bonds is 3. The van der Waals surface area contributed by atoms with Gasteiger partial charge < -0.3 is 4.74 Å². The first-order valence-corrected chi connectivity index (χ1v) is 5.80. The van der Waals surface area contributed by atoms with Crippen molar-refractivity contribution in [2.75, 3.05) is 12.4 Å². The average molecular weight is 279 g/mol. The van der Waals surface area contributed by atoms with Crippen LogP contribution in [0.3, 0.4) is 0 Å². The van der Waals surface area contributed by atoms with Gasteiger partial charge in [-0.25, -0.2) is 9.97 Å². The molecule has 0 aliphatic heterocycles. The Balaban J connectivity index is 2.21. The van der Waals surface area contributed by atoms with Gasteiger partial charge in [0, 0.05) is 11.8 Å². The van der Waals surface area contributed by atoms with Crippen LogP contribution in [0.15, 0.2) is 24.3 Å². The Morgan fingerprint density at radius 2 is 2.11 bits per heavy atom. The van der Waals surface area contributed by atoms with Crippen molar-refractivity contribution < 1.29 is 9.53 Å². The summed E-state index contributed by atoms with van der Waals surface area (Å²) in [7, 11) is 1.45. The molecule has 0 aliphatic rings. The van der Waals surface area contributed by atoms with E-state index >= 15 is 0 Å². The summed E-state index contributed by atoms with van der Waals surface area (Å²) in [5.74, 6) is -0.0711. The predicted molar refractivity (Wildman–Crippen MR) is 70.5 cm³/mol. The van der Waals surface area contributed by atoms with E-state index in [0.29, 0.717) is 0 Å². The molecule has 6 nitrogen and oxygen atoms in total. The van der Waals surface area contributed by atoms with Gasteiger partial charge in [0.15, 0.2) is 0 Å². The number of anilines is 1. The van der Waals surface area contributed by atoms with E-state index < -0.39 is 5.91 Å². The smallest absolute Gasteiger partial charge is 0.276 e. The Kier molecular flexibility index (Phi) is 3.91. The van der Waals surface area contributed by atoms with Gasteiger partial charge in [-0.15, -0.1) is 0 Å². The van der Waals surface area contributed by atoms with Crippen molar-refractivity contribution in [1.82, 2.24) is 15.0 Å². The molecule has 19 heavy (non-hydrogen) atoms. The van der Waals surface area contributed by atoms with Gasteiger partial charge in [-0.2, -0.15) is 4.98 Å². The van der Waals surface area contributed by atoms with E-state index in [9.17, 15) is 4.79 Å². The lowest BCUT2D eigenvalue weighted by molar-refractivity contribution is 0.102. The molecule has 0 saturated carbocycles. The molecule has 2 heterocycles. The highest BCUT2D eigenvalue weighted by Gasteiger charge is 2.11. The minimum Gasteiger partial charge on any atom is -0.481 e. The topological polar surface area (TPSA) is 77.0 Å². The van der Waals surface area contributed by atoms with E-state index in [2.05, 4.69) is 20.3 Å². The molecular weight excluding hydrogens is 268 g/mol. The third kappa shape index (κ3) is 3.38. The fraction of sp³-hybridized carbons (Fsp3) is 0.167. The van der Waals surface area contributed by atoms with E-state index in [1.54, 1.807) is 25.1 Å². The van der Waals surface area contributed by atoms with Crippen molar-refractivity contribution in [1.29, 1.82) is 0 Å². The highest BCUT2D eigenvalue weighted by Crippen LogP contribution is 2.16. The number of aryl methyl sites for hydroxylation is 1. The maximum Gasteiger partial charge on any atom is 0.276 e. The number of amides is 1. The minimum atomic E-state index is -0.409. The second-order valence-corrected chi connectivity index (χ2v) is 4.06. The zero-order valence-electron chi connectivity index (χ0n) is 10.3. The molecule has 0 saturated heterocycles. The van der Waals surface area contributed by atoms with Crippen molar-refractivity contribution in [2.45, 2.75) is 6.92 Å². The van der Waals surface area contributed by atoms with Crippen molar-refractivity contribution in [3.05, 3.63) is 40.8 Å². The van der Waals surface area contributed by atoms with E-state index in [1.807, 2.05) is 0 Å². The zero-order chi connectivity index (χ0) is 13.8. The summed E-state index contributed by atoms with van der Waals surface area (Å²) in [6.45, 7) is 1.80. The van der Waals surface area contributed by atoms with Crippen LogP contribution in [0.4, 0.5) is 5.95 Å². The Morgan fingerprint density at radius 3 is 2.79 bits per heavy atom. The number of pyridine rings is 1. The largest absolute Gasteiger partial charge is 0.481 e. The number of halogens is 1. The zero-order valence-corrected chi connectivity index (χ0v) is 11.1. The van der Waals surface area contributed by atoms with Crippen LogP contribution in [-0.4, -0.2) is 28.0 Å². The number of hydrogen-bond donors (Lipinski definition) is 1. The summed E-state index contributed by atoms with van der Waals surface area (Å²) >= 11 is 5.79. The first-order valence-electron chi connectivity index (χ1n) is 5.42. The minimum absolute atomic E-state index is 0.0673. The first kappa shape index (κ1) is 13.2. The van der Waals surface area contributed by atoms with Gasteiger partial charge in [0.1, 0.15) is 10.8 Å². The molecule has 2 aromatic rings. The van der Waals surface area contributed by atoms with Gasteiger partial charge in [-0.05, 0) is 19.1 Å². The Labute approximate surface area is 114 Å². The van der Waals surface area contributed by atoms with Gasteiger partial charge in [-0.1, -0.05) is 17.7 Å². The van der Waals surface area contributed by atoms with Gasteiger partial charge in [0.2, 0.25) is 11.8 Å². The van der Waals surface area contributed by atoms with Gasteiger partial charge >= 0.3 is 0 Å². The van der Waals surface area contributed by atoms with Crippen molar-refractivity contribution in [3.63, 3.8) is 0 Å². The molecule has 0 aromatic carbocycles. The lowest BCUT2D eigenvalue weighted by Crippen LogP contribution is -2.16. The maximum atomic E-state index is 11.9. The van der Waals surface area contributed by atoms with Crippen LogP contribution in [0.1, 0.15) is 16.2 Å². The summed E-state index contributed by atoms with van der Waals surface area (Å²) in [4.78, 5) is 23.9. The van der Waals surface area contributed by atoms with E-state index in [1.165, 1.54) is 13.2 Å². The summed E-state index contributed by atoms with van der Waals surface area (Å²) in [6, 6.07) is 6.60. The monoisotopic (exact) mass is 278 g/mol. The molecule has 2 rings (SSSR count). The van der Waals surface area contributed by atoms with Crippen LogP contribution in [0.5, 0.6) is 5.88 Å². The summed E-state index contributed by atoms with van der Waals surface area (Å²) in [6.07, 6.45) is 0. The Morgan fingerprint density at radius 1 is 1.32 bits per heavy atom. The van der Waals surface area contributed by atoms with Crippen LogP contribution in [0.2, 0.25) is 5.15 Å². The molecule has 0 radical (unpaired) electrons. The number of nitrogens with zero attached hydrogens (tertiary/aromatic N) is 3. The van der Waals surface area contributed by atoms with E-state index in [-0.39, 0.29) is 22.7 Å². The van der Waals surface area contributed by atoms with E-state index in [0.717, 1.165) is 5.69 Å². The van der Waals surface area contributed by atoms with Gasteiger partial charge in [0.05, 0.1) is 7.11 Å². The Bertz CT molecular complexity index is 618. The highest BCUT2D eigenvalue weighted by atomic mass is 35.5. The molecular formula is C12H11ClN4O2. The molecule has 0 atom stereocenters. The first-order chi connectivity index (χ1) is 9.08. The lowest BCUT2D eigenvalue weighted by Gasteiger charge is -2.05. The number of methoxy groups -OCH3 is 1. The molecule has 1 N–H and O–H groups in total. The van der Waals surface area contributed by atoms with Gasteiger partial charge in [0.25, 0.3) is 5.91 Å². The third-order valence-corrected chi connectivity index (χ3v) is 2.42. The third-order valence-electron chi connectivity index (χ3n) is 2.23.